The molecule has 1 fully saturated rings. The zero-order valence-corrected chi connectivity index (χ0v) is 54.8. The normalized spacial score (nSPS) is 15.0. The molecular weight excluding hydrogens is 1050 g/mol. The Morgan fingerprint density at radius 1 is 0.446 bits per heavy atom. The number of ether oxygens (including phenoxy) is 5. The molecule has 14 heteroatoms. The van der Waals surface area contributed by atoms with Gasteiger partial charge >= 0.3 is 35.9 Å². The van der Waals surface area contributed by atoms with Crippen LogP contribution in [0.4, 0.5) is 4.79 Å². The van der Waals surface area contributed by atoms with Crippen molar-refractivity contribution in [3.05, 3.63) is 23.3 Å². The van der Waals surface area contributed by atoms with Gasteiger partial charge in [-0.2, -0.15) is 0 Å². The molecule has 1 aliphatic rings. The third-order valence-electron chi connectivity index (χ3n) is 16.7. The van der Waals surface area contributed by atoms with Gasteiger partial charge in [-0.15, -0.1) is 0 Å². The first-order valence-corrected chi connectivity index (χ1v) is 33.7. The van der Waals surface area contributed by atoms with Gasteiger partial charge in [-0.05, 0) is 167 Å². The molecule has 2 amide bonds. The molecule has 83 heavy (non-hydrogen) atoms. The van der Waals surface area contributed by atoms with E-state index in [0.717, 1.165) is 89.3 Å². The lowest BCUT2D eigenvalue weighted by Crippen LogP contribution is -2.44. The number of carbonyl (C=O) groups excluding carboxylic acids is 6. The number of allylic oxidation sites excluding steroid dienone is 4. The van der Waals surface area contributed by atoms with Crippen LogP contribution in [0.3, 0.4) is 0 Å². The minimum Gasteiger partial charge on any atom is -0.466 e. The van der Waals surface area contributed by atoms with Gasteiger partial charge in [0.05, 0.1) is 19.1 Å². The number of likely N-dealkylation sites (tertiary alicyclic amines) is 1. The van der Waals surface area contributed by atoms with Gasteiger partial charge in [-0.3, -0.25) is 24.0 Å². The molecule has 0 saturated carbocycles. The maximum atomic E-state index is 13.2. The minimum atomic E-state index is -0.586. The van der Waals surface area contributed by atoms with Crippen molar-refractivity contribution in [3.8, 4) is 0 Å². The van der Waals surface area contributed by atoms with Crippen LogP contribution in [-0.4, -0.2) is 106 Å². The lowest BCUT2D eigenvalue weighted by molar-refractivity contribution is -0.153. The van der Waals surface area contributed by atoms with E-state index in [9.17, 15) is 28.8 Å². The fraction of sp³-hybridized carbons (Fsp3) is 0.855. The Balaban J connectivity index is 2.56. The Hall–Kier alpha value is -3.94. The highest BCUT2D eigenvalue weighted by Gasteiger charge is 2.21. The molecule has 1 saturated heterocycles. The molecule has 2 N–H and O–H groups in total. The Morgan fingerprint density at radius 2 is 0.880 bits per heavy atom. The average Bonchev–Trinajstić information content (AvgIpc) is 3.96. The first-order valence-electron chi connectivity index (χ1n) is 33.7. The van der Waals surface area contributed by atoms with Crippen LogP contribution in [-0.2, 0) is 47.7 Å². The summed E-state index contributed by atoms with van der Waals surface area (Å²) in [4.78, 5) is 79.1. The third kappa shape index (κ3) is 47.9. The van der Waals surface area contributed by atoms with Crippen molar-refractivity contribution in [2.45, 2.75) is 287 Å². The summed E-state index contributed by atoms with van der Waals surface area (Å²) in [6, 6.07) is -0.427. The van der Waals surface area contributed by atoms with E-state index in [0.29, 0.717) is 95.3 Å². The molecule has 0 radical (unpaired) electrons. The molecule has 7 atom stereocenters. The predicted molar refractivity (Wildman–Crippen MR) is 338 cm³/mol. The second-order valence-corrected chi connectivity index (χ2v) is 25.6. The highest BCUT2D eigenvalue weighted by Crippen LogP contribution is 2.24. The van der Waals surface area contributed by atoms with E-state index < -0.39 is 23.8 Å². The van der Waals surface area contributed by atoms with Crippen LogP contribution in [0.5, 0.6) is 0 Å². The Labute approximate surface area is 507 Å². The summed E-state index contributed by atoms with van der Waals surface area (Å²) in [5, 5.41) is 6.06. The van der Waals surface area contributed by atoms with Gasteiger partial charge in [0, 0.05) is 51.2 Å². The molecule has 0 aromatic rings. The van der Waals surface area contributed by atoms with E-state index >= 15 is 0 Å². The second kappa shape index (κ2) is 51.3. The van der Waals surface area contributed by atoms with Crippen molar-refractivity contribution in [1.29, 1.82) is 0 Å². The van der Waals surface area contributed by atoms with E-state index in [1.54, 1.807) is 0 Å². The number of unbranched alkanes of at least 4 members (excludes halogenated alkanes) is 8. The smallest absolute Gasteiger partial charge is 0.315 e. The van der Waals surface area contributed by atoms with Crippen LogP contribution < -0.4 is 10.6 Å². The van der Waals surface area contributed by atoms with Gasteiger partial charge in [0.15, 0.2) is 0 Å². The molecule has 0 aliphatic carbocycles. The molecule has 0 spiro atoms. The number of hydrogen-bond donors (Lipinski definition) is 2. The fourth-order valence-corrected chi connectivity index (χ4v) is 10.6. The number of urea groups is 1. The van der Waals surface area contributed by atoms with Crippen molar-refractivity contribution in [1.82, 2.24) is 15.5 Å². The summed E-state index contributed by atoms with van der Waals surface area (Å²) in [7, 11) is 0. The minimum absolute atomic E-state index is 0.0893. The van der Waals surface area contributed by atoms with Gasteiger partial charge in [-0.1, -0.05) is 148 Å². The summed E-state index contributed by atoms with van der Waals surface area (Å²) in [6.07, 6.45) is 33.3. The number of rotatable bonds is 53. The first-order chi connectivity index (χ1) is 39.9. The van der Waals surface area contributed by atoms with E-state index in [2.05, 4.69) is 96.9 Å². The van der Waals surface area contributed by atoms with Crippen LogP contribution in [0.1, 0.15) is 281 Å². The largest absolute Gasteiger partial charge is 0.466 e. The summed E-state index contributed by atoms with van der Waals surface area (Å²) in [5.74, 6) is 0.877. The molecule has 482 valence electrons. The summed E-state index contributed by atoms with van der Waals surface area (Å²) in [5.41, 5.74) is 2.78. The number of nitrogens with zero attached hydrogens (tertiary/aromatic N) is 1. The van der Waals surface area contributed by atoms with Crippen molar-refractivity contribution in [2.24, 2.45) is 35.5 Å². The zero-order chi connectivity index (χ0) is 61.3. The molecule has 14 nitrogen and oxygen atoms in total. The summed E-state index contributed by atoms with van der Waals surface area (Å²) < 4.78 is 28.0. The Kier molecular flexibility index (Phi) is 47.6. The van der Waals surface area contributed by atoms with Crippen LogP contribution in [0.25, 0.3) is 0 Å². The number of amides is 2. The third-order valence-corrected chi connectivity index (χ3v) is 16.7. The Morgan fingerprint density at radius 3 is 1.41 bits per heavy atom. The van der Waals surface area contributed by atoms with Crippen molar-refractivity contribution < 1.29 is 52.5 Å². The highest BCUT2D eigenvalue weighted by molar-refractivity contribution is 5.74. The molecule has 0 bridgehead atoms. The summed E-state index contributed by atoms with van der Waals surface area (Å²) in [6.45, 7) is 26.4. The molecule has 1 rings (SSSR count). The van der Waals surface area contributed by atoms with E-state index in [1.165, 1.54) is 88.2 Å². The fourth-order valence-electron chi connectivity index (χ4n) is 10.6. The van der Waals surface area contributed by atoms with Crippen LogP contribution >= 0.6 is 0 Å². The molecule has 1 heterocycles. The van der Waals surface area contributed by atoms with Gasteiger partial charge in [0.1, 0.15) is 19.8 Å². The SMILES string of the molecule is CCCCCCC(CCC(=O)OCC(COC(=O)CCCCCC(=O)OCCCC(C)CCCC(C)CCC=C(C)C)COC(=O)CCCCCC(=O)OCC[C@H](C)C(C)CCCCC(C)CCC=C(C)C)NC(=O)NCCN1CCCC1. The maximum absolute atomic E-state index is 13.2. The van der Waals surface area contributed by atoms with Crippen molar-refractivity contribution in [3.63, 3.8) is 0 Å². The van der Waals surface area contributed by atoms with Crippen molar-refractivity contribution >= 4 is 35.9 Å². The quantitative estimate of drug-likeness (QED) is 0.0255. The molecular formula is C69H125N3O11. The van der Waals surface area contributed by atoms with E-state index in [-0.39, 0.29) is 63.1 Å². The van der Waals surface area contributed by atoms with Crippen molar-refractivity contribution in [2.75, 3.05) is 59.2 Å². The number of hydrogen-bond acceptors (Lipinski definition) is 12. The van der Waals surface area contributed by atoms with Gasteiger partial charge in [0.2, 0.25) is 0 Å². The van der Waals surface area contributed by atoms with Crippen LogP contribution in [0.15, 0.2) is 23.3 Å². The van der Waals surface area contributed by atoms with Gasteiger partial charge in [-0.25, -0.2) is 4.79 Å². The van der Waals surface area contributed by atoms with Crippen LogP contribution in [0.2, 0.25) is 0 Å². The first kappa shape index (κ1) is 77.1. The molecule has 0 aromatic carbocycles. The highest BCUT2D eigenvalue weighted by atomic mass is 16.6. The molecule has 0 aromatic heterocycles. The number of nitrogens with one attached hydrogen (secondary N) is 2. The molecule has 6 unspecified atom stereocenters. The summed E-state index contributed by atoms with van der Waals surface area (Å²) >= 11 is 0. The topological polar surface area (TPSA) is 176 Å². The standard InChI is InChI=1S/C69H125N3O11/c1-11-12-13-16-38-63(71-69(78)70-46-49-72-47-23-24-48-72)43-44-68(77)83-54-62(52-81-66(75)41-19-14-17-39-64(73)79-50-28-36-59(8)35-27-34-58(7)33-26-30-56(4)5)53-82-67(76)42-20-15-18-40-65(74)80-51-45-61(10)60(9)37-22-21-31-57(6)32-25-29-55(2)3/h29-30,57-63H,11-28,31-54H2,1-10H3,(H2,70,71,78)/t57?,58?,59?,60?,61-,62?,63?/m0/s1. The lowest BCUT2D eigenvalue weighted by Gasteiger charge is -2.21. The van der Waals surface area contributed by atoms with E-state index in [1.807, 2.05) is 0 Å². The lowest BCUT2D eigenvalue weighted by atomic mass is 9.88. The second-order valence-electron chi connectivity index (χ2n) is 25.6. The molecule has 1 aliphatic heterocycles. The van der Waals surface area contributed by atoms with E-state index in [4.69, 9.17) is 23.7 Å². The number of esters is 5. The zero-order valence-electron chi connectivity index (χ0n) is 54.8. The number of carbonyl (C=O) groups is 6. The van der Waals surface area contributed by atoms with Crippen LogP contribution in [0, 0.1) is 35.5 Å². The average molecular weight is 1170 g/mol. The Bertz CT molecular complexity index is 1760. The predicted octanol–water partition coefficient (Wildman–Crippen LogP) is 16.3. The van der Waals surface area contributed by atoms with Gasteiger partial charge in [0.25, 0.3) is 0 Å². The monoisotopic (exact) mass is 1170 g/mol. The maximum Gasteiger partial charge on any atom is 0.315 e. The van der Waals surface area contributed by atoms with Gasteiger partial charge < -0.3 is 39.2 Å².